The van der Waals surface area contributed by atoms with Crippen LogP contribution in [0.3, 0.4) is 0 Å². The smallest absolute Gasteiger partial charge is 0.267 e. The van der Waals surface area contributed by atoms with Crippen LogP contribution in [-0.2, 0) is 10.0 Å². The first-order chi connectivity index (χ1) is 10.8. The summed E-state index contributed by atoms with van der Waals surface area (Å²) in [5.74, 6) is -1.19. The Hall–Kier alpha value is -2.23. The topological polar surface area (TPSA) is 118 Å². The van der Waals surface area contributed by atoms with E-state index in [2.05, 4.69) is 26.8 Å². The first-order valence-electron chi connectivity index (χ1n) is 6.27. The van der Waals surface area contributed by atoms with E-state index in [4.69, 9.17) is 5.14 Å². The second-order valence-electron chi connectivity index (χ2n) is 4.46. The summed E-state index contributed by atoms with van der Waals surface area (Å²) in [6, 6.07) is 12.0. The fraction of sp³-hybridized carbons (Fsp3) is 0. The van der Waals surface area contributed by atoms with Crippen LogP contribution in [0.2, 0.25) is 0 Å². The quantitative estimate of drug-likeness (QED) is 0.673. The second kappa shape index (κ2) is 6.90. The first-order valence-corrected chi connectivity index (χ1v) is 8.61. The van der Waals surface area contributed by atoms with E-state index in [9.17, 15) is 18.0 Å². The predicted molar refractivity (Wildman–Crippen MR) is 86.9 cm³/mol. The molecule has 0 atom stereocenters. The van der Waals surface area contributed by atoms with Gasteiger partial charge in [-0.1, -0.05) is 18.2 Å². The molecule has 9 heteroatoms. The maximum Gasteiger partial charge on any atom is 0.270 e. The second-order valence-corrected chi connectivity index (χ2v) is 6.88. The molecule has 2 aromatic carbocycles. The fourth-order valence-electron chi connectivity index (χ4n) is 1.70. The van der Waals surface area contributed by atoms with Gasteiger partial charge in [0.15, 0.2) is 0 Å². The molecule has 0 spiro atoms. The molecule has 23 heavy (non-hydrogen) atoms. The van der Waals surface area contributed by atoms with Crippen molar-refractivity contribution in [2.24, 2.45) is 5.14 Å². The summed E-state index contributed by atoms with van der Waals surface area (Å²) in [6.45, 7) is 0. The third kappa shape index (κ3) is 4.38. The van der Waals surface area contributed by atoms with Crippen molar-refractivity contribution in [2.45, 2.75) is 4.90 Å². The number of rotatable bonds is 3. The largest absolute Gasteiger partial charge is 0.270 e. The molecule has 4 N–H and O–H groups in total. The van der Waals surface area contributed by atoms with E-state index in [-0.39, 0.29) is 10.5 Å². The summed E-state index contributed by atoms with van der Waals surface area (Å²) < 4.78 is 23.0. The Kier molecular flexibility index (Phi) is 5.14. The molecule has 0 aliphatic carbocycles. The zero-order valence-corrected chi connectivity index (χ0v) is 14.0. The van der Waals surface area contributed by atoms with Crippen molar-refractivity contribution in [3.8, 4) is 0 Å². The number of halogens is 1. The van der Waals surface area contributed by atoms with Gasteiger partial charge in [0.1, 0.15) is 0 Å². The van der Waals surface area contributed by atoms with E-state index in [0.29, 0.717) is 10.0 Å². The summed E-state index contributed by atoms with van der Waals surface area (Å²) in [6.07, 6.45) is 0. The Morgan fingerprint density at radius 3 is 2.17 bits per heavy atom. The van der Waals surface area contributed by atoms with Gasteiger partial charge < -0.3 is 0 Å². The normalized spacial score (nSPS) is 10.9. The van der Waals surface area contributed by atoms with E-state index < -0.39 is 21.8 Å². The summed E-state index contributed by atoms with van der Waals surface area (Å²) in [7, 11) is -3.94. The Balaban J connectivity index is 2.14. The Labute approximate surface area is 141 Å². The number of sulfonamides is 1. The lowest BCUT2D eigenvalue weighted by Crippen LogP contribution is -2.41. The fourth-order valence-corrected chi connectivity index (χ4v) is 2.66. The number of carbonyl (C=O) groups excluding carboxylic acids is 2. The van der Waals surface area contributed by atoms with E-state index >= 15 is 0 Å². The number of hydrogen-bond donors (Lipinski definition) is 3. The van der Waals surface area contributed by atoms with Gasteiger partial charge in [-0.3, -0.25) is 20.4 Å². The molecule has 2 aromatic rings. The molecule has 0 unspecified atom stereocenters. The van der Waals surface area contributed by atoms with Crippen molar-refractivity contribution in [3.63, 3.8) is 0 Å². The highest BCUT2D eigenvalue weighted by atomic mass is 79.9. The molecule has 7 nitrogen and oxygen atoms in total. The maximum atomic E-state index is 12.1. The van der Waals surface area contributed by atoms with Crippen molar-refractivity contribution in [2.75, 3.05) is 0 Å². The van der Waals surface area contributed by atoms with Crippen LogP contribution in [0.4, 0.5) is 0 Å². The zero-order chi connectivity index (χ0) is 17.0. The highest BCUT2D eigenvalue weighted by Crippen LogP contribution is 2.20. The van der Waals surface area contributed by atoms with Crippen molar-refractivity contribution in [3.05, 3.63) is 64.1 Å². The molecule has 0 aliphatic rings. The SMILES string of the molecule is NS(=O)(=O)c1ccc(Br)c(C(=O)NNC(=O)c2ccccc2)c1. The molecule has 0 aliphatic heterocycles. The Morgan fingerprint density at radius 2 is 1.57 bits per heavy atom. The van der Waals surface area contributed by atoms with Gasteiger partial charge in [-0.25, -0.2) is 13.6 Å². The third-order valence-corrected chi connectivity index (χ3v) is 4.44. The first kappa shape index (κ1) is 17.1. The molecule has 0 fully saturated rings. The molecule has 0 saturated heterocycles. The van der Waals surface area contributed by atoms with Gasteiger partial charge in [-0.2, -0.15) is 0 Å². The maximum absolute atomic E-state index is 12.1. The van der Waals surface area contributed by atoms with E-state index in [1.807, 2.05) is 0 Å². The highest BCUT2D eigenvalue weighted by Gasteiger charge is 2.16. The number of hydrogen-bond acceptors (Lipinski definition) is 4. The number of hydrazine groups is 1. The van der Waals surface area contributed by atoms with Gasteiger partial charge in [-0.05, 0) is 46.3 Å². The number of primary sulfonamides is 1. The van der Waals surface area contributed by atoms with Gasteiger partial charge in [-0.15, -0.1) is 0 Å². The minimum absolute atomic E-state index is 0.0184. The van der Waals surface area contributed by atoms with Gasteiger partial charge in [0.05, 0.1) is 10.5 Å². The number of benzene rings is 2. The molecule has 0 saturated carbocycles. The number of nitrogens with one attached hydrogen (secondary N) is 2. The van der Waals surface area contributed by atoms with Crippen LogP contribution in [0.5, 0.6) is 0 Å². The van der Waals surface area contributed by atoms with Crippen LogP contribution in [-0.4, -0.2) is 20.2 Å². The molecular weight excluding hydrogens is 386 g/mol. The van der Waals surface area contributed by atoms with Crippen LogP contribution >= 0.6 is 15.9 Å². The van der Waals surface area contributed by atoms with Crippen molar-refractivity contribution in [1.82, 2.24) is 10.9 Å². The van der Waals surface area contributed by atoms with Gasteiger partial charge in [0.2, 0.25) is 10.0 Å². The van der Waals surface area contributed by atoms with Crippen LogP contribution in [0.15, 0.2) is 57.9 Å². The average Bonchev–Trinajstić information content (AvgIpc) is 2.52. The summed E-state index contributed by atoms with van der Waals surface area (Å²) >= 11 is 3.14. The van der Waals surface area contributed by atoms with Crippen molar-refractivity contribution < 1.29 is 18.0 Å². The van der Waals surface area contributed by atoms with E-state index in [1.54, 1.807) is 30.3 Å². The third-order valence-electron chi connectivity index (χ3n) is 2.84. The van der Waals surface area contributed by atoms with Gasteiger partial charge >= 0.3 is 0 Å². The standard InChI is InChI=1S/C14H12BrN3O4S/c15-12-7-6-10(23(16,21)22)8-11(12)14(20)18-17-13(19)9-4-2-1-3-5-9/h1-8H,(H,17,19)(H,18,20)(H2,16,21,22). The monoisotopic (exact) mass is 397 g/mol. The molecule has 0 heterocycles. The number of amides is 2. The summed E-state index contributed by atoms with van der Waals surface area (Å²) in [4.78, 5) is 23.7. The summed E-state index contributed by atoms with van der Waals surface area (Å²) in [5, 5.41) is 5.03. The van der Waals surface area contributed by atoms with Crippen LogP contribution in [0.25, 0.3) is 0 Å². The molecule has 0 bridgehead atoms. The Morgan fingerprint density at radius 1 is 0.957 bits per heavy atom. The lowest BCUT2D eigenvalue weighted by molar-refractivity contribution is 0.0846. The summed E-state index contributed by atoms with van der Waals surface area (Å²) in [5.41, 5.74) is 4.84. The number of nitrogens with two attached hydrogens (primary N) is 1. The highest BCUT2D eigenvalue weighted by molar-refractivity contribution is 9.10. The van der Waals surface area contributed by atoms with Crippen LogP contribution < -0.4 is 16.0 Å². The zero-order valence-electron chi connectivity index (χ0n) is 11.6. The van der Waals surface area contributed by atoms with Gasteiger partial charge in [0, 0.05) is 10.0 Å². The van der Waals surface area contributed by atoms with Crippen LogP contribution in [0, 0.1) is 0 Å². The van der Waals surface area contributed by atoms with Crippen LogP contribution in [0.1, 0.15) is 20.7 Å². The van der Waals surface area contributed by atoms with E-state index in [0.717, 1.165) is 6.07 Å². The minimum Gasteiger partial charge on any atom is -0.267 e. The minimum atomic E-state index is -3.94. The van der Waals surface area contributed by atoms with E-state index in [1.165, 1.54) is 12.1 Å². The lowest BCUT2D eigenvalue weighted by Gasteiger charge is -2.09. The molecule has 120 valence electrons. The van der Waals surface area contributed by atoms with Crippen molar-refractivity contribution in [1.29, 1.82) is 0 Å². The predicted octanol–water partition coefficient (Wildman–Crippen LogP) is 1.17. The Bertz CT molecular complexity index is 854. The molecule has 2 rings (SSSR count). The molecule has 2 amide bonds. The molecule has 0 aromatic heterocycles. The molecular formula is C14H12BrN3O4S. The number of carbonyl (C=O) groups is 2. The van der Waals surface area contributed by atoms with Crippen molar-refractivity contribution >= 4 is 37.8 Å². The average molecular weight is 398 g/mol. The van der Waals surface area contributed by atoms with Gasteiger partial charge in [0.25, 0.3) is 11.8 Å². The lowest BCUT2D eigenvalue weighted by atomic mass is 10.2. The molecule has 0 radical (unpaired) electrons.